The molecule has 0 aromatic heterocycles. The third-order valence-electron chi connectivity index (χ3n) is 2.54. The highest BCUT2D eigenvalue weighted by Crippen LogP contribution is 2.26. The van der Waals surface area contributed by atoms with E-state index in [2.05, 4.69) is 28.2 Å². The van der Waals surface area contributed by atoms with Gasteiger partial charge in [-0.1, -0.05) is 29.3 Å². The van der Waals surface area contributed by atoms with Crippen molar-refractivity contribution in [2.24, 2.45) is 0 Å². The van der Waals surface area contributed by atoms with E-state index in [4.69, 9.17) is 4.74 Å². The van der Waals surface area contributed by atoms with Crippen molar-refractivity contribution in [1.29, 1.82) is 0 Å². The average Bonchev–Trinajstić information content (AvgIpc) is 2.30. The van der Waals surface area contributed by atoms with Gasteiger partial charge in [-0.3, -0.25) is 0 Å². The maximum absolute atomic E-state index is 11.7. The highest BCUT2D eigenvalue weighted by molar-refractivity contribution is 9.10. The van der Waals surface area contributed by atoms with Gasteiger partial charge in [0.1, 0.15) is 0 Å². The number of halogens is 1. The number of benzene rings is 1. The van der Waals surface area contributed by atoms with E-state index in [1.807, 2.05) is 13.0 Å². The van der Waals surface area contributed by atoms with Crippen molar-refractivity contribution in [2.45, 2.75) is 26.7 Å². The standard InChI is InChI=1S/C13H18BrNO2/c1-4-5-6-15-12-9(2)7-10(14)8-11(12)13(16)17-3/h7-8,15H,4-6H2,1-3H3. The van der Waals surface area contributed by atoms with Gasteiger partial charge < -0.3 is 10.1 Å². The maximum atomic E-state index is 11.7. The number of aryl methyl sites for hydroxylation is 1. The Labute approximate surface area is 111 Å². The Bertz CT molecular complexity index is 405. The molecule has 1 aromatic carbocycles. The van der Waals surface area contributed by atoms with Crippen LogP contribution in [-0.2, 0) is 4.74 Å². The van der Waals surface area contributed by atoms with E-state index in [1.165, 1.54) is 7.11 Å². The van der Waals surface area contributed by atoms with Crippen LogP contribution in [0.25, 0.3) is 0 Å². The van der Waals surface area contributed by atoms with Crippen LogP contribution in [0, 0.1) is 6.92 Å². The minimum absolute atomic E-state index is 0.312. The summed E-state index contributed by atoms with van der Waals surface area (Å²) in [5.41, 5.74) is 2.49. The maximum Gasteiger partial charge on any atom is 0.340 e. The Morgan fingerprint density at radius 2 is 2.18 bits per heavy atom. The van der Waals surface area contributed by atoms with Gasteiger partial charge in [-0.05, 0) is 31.0 Å². The number of hydrogen-bond acceptors (Lipinski definition) is 3. The normalized spacial score (nSPS) is 10.1. The van der Waals surface area contributed by atoms with Crippen LogP contribution < -0.4 is 5.32 Å². The first-order valence-electron chi connectivity index (χ1n) is 5.72. The minimum atomic E-state index is -0.312. The molecule has 0 unspecified atom stereocenters. The van der Waals surface area contributed by atoms with E-state index in [0.717, 1.165) is 35.1 Å². The number of nitrogens with one attached hydrogen (secondary N) is 1. The highest BCUT2D eigenvalue weighted by Gasteiger charge is 2.14. The summed E-state index contributed by atoms with van der Waals surface area (Å²) in [5.74, 6) is -0.312. The molecule has 0 spiro atoms. The van der Waals surface area contributed by atoms with Crippen LogP contribution >= 0.6 is 15.9 Å². The lowest BCUT2D eigenvalue weighted by molar-refractivity contribution is 0.0601. The fourth-order valence-corrected chi connectivity index (χ4v) is 2.21. The molecule has 94 valence electrons. The molecule has 0 bridgehead atoms. The molecule has 0 heterocycles. The van der Waals surface area contributed by atoms with Crippen molar-refractivity contribution in [3.63, 3.8) is 0 Å². The zero-order valence-corrected chi connectivity index (χ0v) is 12.1. The van der Waals surface area contributed by atoms with E-state index in [9.17, 15) is 4.79 Å². The average molecular weight is 300 g/mol. The molecule has 0 fully saturated rings. The molecule has 0 saturated carbocycles. The first-order chi connectivity index (χ1) is 8.10. The largest absolute Gasteiger partial charge is 0.465 e. The quantitative estimate of drug-likeness (QED) is 0.664. The van der Waals surface area contributed by atoms with E-state index in [-0.39, 0.29) is 5.97 Å². The molecule has 0 saturated heterocycles. The molecule has 0 amide bonds. The smallest absolute Gasteiger partial charge is 0.340 e. The van der Waals surface area contributed by atoms with Crippen molar-refractivity contribution in [3.05, 3.63) is 27.7 Å². The Kier molecular flexibility index (Phi) is 5.48. The van der Waals surface area contributed by atoms with Crippen LogP contribution in [0.1, 0.15) is 35.7 Å². The Morgan fingerprint density at radius 3 is 2.76 bits per heavy atom. The summed E-state index contributed by atoms with van der Waals surface area (Å²) in [6.07, 6.45) is 2.20. The fraction of sp³-hybridized carbons (Fsp3) is 0.462. The highest BCUT2D eigenvalue weighted by atomic mass is 79.9. The van der Waals surface area contributed by atoms with Gasteiger partial charge in [0, 0.05) is 11.0 Å². The van der Waals surface area contributed by atoms with Crippen molar-refractivity contribution >= 4 is 27.6 Å². The third kappa shape index (κ3) is 3.73. The molecule has 0 aliphatic heterocycles. The van der Waals surface area contributed by atoms with Crippen LogP contribution in [0.15, 0.2) is 16.6 Å². The van der Waals surface area contributed by atoms with Crippen LogP contribution in [0.3, 0.4) is 0 Å². The lowest BCUT2D eigenvalue weighted by Gasteiger charge is -2.14. The molecule has 1 rings (SSSR count). The number of carbonyl (C=O) groups is 1. The summed E-state index contributed by atoms with van der Waals surface area (Å²) < 4.78 is 5.68. The molecule has 0 aliphatic rings. The topological polar surface area (TPSA) is 38.3 Å². The molecule has 0 atom stereocenters. The van der Waals surface area contributed by atoms with E-state index in [0.29, 0.717) is 5.56 Å². The van der Waals surface area contributed by atoms with Gasteiger partial charge >= 0.3 is 5.97 Å². The van der Waals surface area contributed by atoms with Gasteiger partial charge in [0.05, 0.1) is 18.4 Å². The molecule has 4 heteroatoms. The molecular weight excluding hydrogens is 282 g/mol. The predicted molar refractivity (Wildman–Crippen MR) is 73.6 cm³/mol. The van der Waals surface area contributed by atoms with Gasteiger partial charge in [-0.15, -0.1) is 0 Å². The van der Waals surface area contributed by atoms with Crippen molar-refractivity contribution in [1.82, 2.24) is 0 Å². The summed E-state index contributed by atoms with van der Waals surface area (Å²) in [6, 6.07) is 3.77. The second-order valence-corrected chi connectivity index (χ2v) is 4.83. The minimum Gasteiger partial charge on any atom is -0.465 e. The van der Waals surface area contributed by atoms with Gasteiger partial charge in [0.25, 0.3) is 0 Å². The lowest BCUT2D eigenvalue weighted by Crippen LogP contribution is -2.10. The zero-order chi connectivity index (χ0) is 12.8. The van der Waals surface area contributed by atoms with E-state index in [1.54, 1.807) is 6.07 Å². The molecule has 1 N–H and O–H groups in total. The number of unbranched alkanes of at least 4 members (excludes halogenated alkanes) is 1. The predicted octanol–water partition coefficient (Wildman–Crippen LogP) is 3.76. The van der Waals surface area contributed by atoms with E-state index >= 15 is 0 Å². The molecule has 0 radical (unpaired) electrons. The van der Waals surface area contributed by atoms with Crippen molar-refractivity contribution in [3.8, 4) is 0 Å². The van der Waals surface area contributed by atoms with Gasteiger partial charge in [-0.25, -0.2) is 4.79 Å². The molecule has 17 heavy (non-hydrogen) atoms. The number of rotatable bonds is 5. The summed E-state index contributed by atoms with van der Waals surface area (Å²) in [6.45, 7) is 4.98. The van der Waals surface area contributed by atoms with Crippen LogP contribution in [-0.4, -0.2) is 19.6 Å². The second kappa shape index (κ2) is 6.64. The summed E-state index contributed by atoms with van der Waals surface area (Å²) in [7, 11) is 1.40. The van der Waals surface area contributed by atoms with Crippen molar-refractivity contribution < 1.29 is 9.53 Å². The first kappa shape index (κ1) is 14.0. The van der Waals surface area contributed by atoms with Gasteiger partial charge in [0.2, 0.25) is 0 Å². The number of anilines is 1. The lowest BCUT2D eigenvalue weighted by atomic mass is 10.1. The molecule has 3 nitrogen and oxygen atoms in total. The Hall–Kier alpha value is -1.03. The summed E-state index contributed by atoms with van der Waals surface area (Å²) in [5, 5.41) is 3.30. The number of carbonyl (C=O) groups excluding carboxylic acids is 1. The Morgan fingerprint density at radius 1 is 1.47 bits per heavy atom. The van der Waals surface area contributed by atoms with Crippen LogP contribution in [0.2, 0.25) is 0 Å². The summed E-state index contributed by atoms with van der Waals surface area (Å²) >= 11 is 3.39. The Balaban J connectivity index is 3.03. The second-order valence-electron chi connectivity index (χ2n) is 3.92. The monoisotopic (exact) mass is 299 g/mol. The fourth-order valence-electron chi connectivity index (χ4n) is 1.64. The number of ether oxygens (including phenoxy) is 1. The summed E-state index contributed by atoms with van der Waals surface area (Å²) in [4.78, 5) is 11.7. The zero-order valence-electron chi connectivity index (χ0n) is 10.5. The third-order valence-corrected chi connectivity index (χ3v) is 3.00. The number of esters is 1. The number of hydrogen-bond donors (Lipinski definition) is 1. The number of methoxy groups -OCH3 is 1. The van der Waals surface area contributed by atoms with Crippen LogP contribution in [0.5, 0.6) is 0 Å². The SMILES string of the molecule is CCCCNc1c(C)cc(Br)cc1C(=O)OC. The molecular formula is C13H18BrNO2. The molecule has 0 aliphatic carbocycles. The van der Waals surface area contributed by atoms with E-state index < -0.39 is 0 Å². The van der Waals surface area contributed by atoms with Crippen molar-refractivity contribution in [2.75, 3.05) is 19.0 Å². The van der Waals surface area contributed by atoms with Gasteiger partial charge in [0.15, 0.2) is 0 Å². The van der Waals surface area contributed by atoms with Gasteiger partial charge in [-0.2, -0.15) is 0 Å². The first-order valence-corrected chi connectivity index (χ1v) is 6.51. The molecule has 1 aromatic rings. The van der Waals surface area contributed by atoms with Crippen LogP contribution in [0.4, 0.5) is 5.69 Å².